The van der Waals surface area contributed by atoms with Gasteiger partial charge in [-0.1, -0.05) is 30.3 Å². The number of amides is 1. The Morgan fingerprint density at radius 2 is 2.03 bits per heavy atom. The van der Waals surface area contributed by atoms with Crippen LogP contribution >= 0.6 is 0 Å². The molecular weight excluding hydrogens is 460 g/mol. The zero-order chi connectivity index (χ0) is 25.6. The number of ether oxygens (including phenoxy) is 2. The Kier molecular flexibility index (Phi) is 5.47. The average Bonchev–Trinajstić information content (AvgIpc) is 3.10. The summed E-state index contributed by atoms with van der Waals surface area (Å²) in [5.41, 5.74) is 6.10. The summed E-state index contributed by atoms with van der Waals surface area (Å²) in [6, 6.07) is 12.3. The highest BCUT2D eigenvalue weighted by Crippen LogP contribution is 2.54. The molecule has 3 aromatic rings. The fraction of sp³-hybridized carbons (Fsp3) is 0.185. The minimum Gasteiger partial charge on any atom is -0.465 e. The molecule has 9 nitrogen and oxygen atoms in total. The molecular formula is C27H24N4O5. The van der Waals surface area contributed by atoms with Crippen molar-refractivity contribution < 1.29 is 19.1 Å². The third-order valence-electron chi connectivity index (χ3n) is 6.62. The lowest BCUT2D eigenvalue weighted by atomic mass is 9.68. The fourth-order valence-corrected chi connectivity index (χ4v) is 5.12. The number of rotatable bonds is 5. The molecule has 0 bridgehead atoms. The number of fused-ring (bicyclic) bond motifs is 4. The Hall–Kier alpha value is -4.66. The van der Waals surface area contributed by atoms with Crippen molar-refractivity contribution in [3.05, 3.63) is 112 Å². The monoisotopic (exact) mass is 484 g/mol. The number of hydrogen-bond acceptors (Lipinski definition) is 7. The molecule has 4 heterocycles. The van der Waals surface area contributed by atoms with Crippen molar-refractivity contribution in [3.63, 3.8) is 0 Å². The normalized spacial score (nSPS) is 18.1. The second-order valence-corrected chi connectivity index (χ2v) is 8.58. The maximum atomic E-state index is 14.3. The van der Waals surface area contributed by atoms with Crippen molar-refractivity contribution in [2.24, 2.45) is 5.73 Å². The maximum absolute atomic E-state index is 14.3. The van der Waals surface area contributed by atoms with Crippen molar-refractivity contribution in [1.29, 1.82) is 0 Å². The lowest BCUT2D eigenvalue weighted by Gasteiger charge is -2.35. The standard InChI is InChI=1S/C27H24N4O5/c1-4-12-30-19-10-6-5-9-18(19)27(26(30)34)21-20(36-23(28)22(27)25(33)35-3)13-16(2)31(24(21)32)15-17-8-7-11-29-14-17/h4-11,13-14H,1,12,15,28H2,2-3H3/t27-/m0/s1. The number of nitrogens with zero attached hydrogens (tertiary/aromatic N) is 3. The number of methoxy groups -OCH3 is 1. The number of benzene rings is 1. The summed E-state index contributed by atoms with van der Waals surface area (Å²) in [5.74, 6) is -1.54. The van der Waals surface area contributed by atoms with E-state index in [1.807, 2.05) is 6.07 Å². The molecule has 0 radical (unpaired) electrons. The van der Waals surface area contributed by atoms with Crippen LogP contribution in [0.3, 0.4) is 0 Å². The highest BCUT2D eigenvalue weighted by atomic mass is 16.5. The maximum Gasteiger partial charge on any atom is 0.340 e. The van der Waals surface area contributed by atoms with Gasteiger partial charge in [-0.25, -0.2) is 4.79 Å². The van der Waals surface area contributed by atoms with Crippen molar-refractivity contribution in [1.82, 2.24) is 9.55 Å². The van der Waals surface area contributed by atoms with Crippen LogP contribution in [0.15, 0.2) is 83.8 Å². The van der Waals surface area contributed by atoms with Gasteiger partial charge in [0.2, 0.25) is 11.8 Å². The van der Waals surface area contributed by atoms with Gasteiger partial charge in [-0.2, -0.15) is 0 Å². The molecule has 5 rings (SSSR count). The summed E-state index contributed by atoms with van der Waals surface area (Å²) < 4.78 is 12.4. The van der Waals surface area contributed by atoms with Crippen LogP contribution in [0.1, 0.15) is 22.4 Å². The molecule has 0 saturated heterocycles. The number of para-hydroxylation sites is 1. The SMILES string of the molecule is C=CCN1C(=O)[C@@]2(C(C(=O)OC)=C(N)Oc3cc(C)n(Cc4cccnc4)c(=O)c32)c2ccccc21. The molecule has 182 valence electrons. The third-order valence-corrected chi connectivity index (χ3v) is 6.62. The molecule has 9 heteroatoms. The van der Waals surface area contributed by atoms with Crippen LogP contribution in [0, 0.1) is 6.92 Å². The molecule has 1 aromatic carbocycles. The van der Waals surface area contributed by atoms with Gasteiger partial charge in [0.25, 0.3) is 5.56 Å². The summed E-state index contributed by atoms with van der Waals surface area (Å²) in [7, 11) is 1.19. The zero-order valence-corrected chi connectivity index (χ0v) is 19.9. The van der Waals surface area contributed by atoms with E-state index < -0.39 is 22.9 Å². The van der Waals surface area contributed by atoms with Gasteiger partial charge in [0, 0.05) is 41.9 Å². The Balaban J connectivity index is 1.88. The van der Waals surface area contributed by atoms with Crippen LogP contribution in [0.5, 0.6) is 5.75 Å². The topological polar surface area (TPSA) is 117 Å². The highest BCUT2D eigenvalue weighted by molar-refractivity contribution is 6.18. The number of anilines is 1. The minimum atomic E-state index is -1.86. The van der Waals surface area contributed by atoms with E-state index in [-0.39, 0.29) is 35.9 Å². The van der Waals surface area contributed by atoms with Gasteiger partial charge >= 0.3 is 5.97 Å². The van der Waals surface area contributed by atoms with E-state index in [9.17, 15) is 14.4 Å². The van der Waals surface area contributed by atoms with E-state index in [1.54, 1.807) is 61.8 Å². The van der Waals surface area contributed by atoms with Crippen LogP contribution in [0.2, 0.25) is 0 Å². The summed E-state index contributed by atoms with van der Waals surface area (Å²) >= 11 is 0. The van der Waals surface area contributed by atoms with Crippen LogP contribution in [-0.2, 0) is 26.3 Å². The number of hydrogen-bond donors (Lipinski definition) is 1. The molecule has 0 fully saturated rings. The number of carbonyl (C=O) groups is 2. The lowest BCUT2D eigenvalue weighted by Crippen LogP contribution is -2.52. The van der Waals surface area contributed by atoms with E-state index in [4.69, 9.17) is 15.2 Å². The molecule has 1 spiro atoms. The number of esters is 1. The molecule has 36 heavy (non-hydrogen) atoms. The van der Waals surface area contributed by atoms with E-state index in [2.05, 4.69) is 11.6 Å². The summed E-state index contributed by atoms with van der Waals surface area (Å²) in [6.07, 6.45) is 4.89. The van der Waals surface area contributed by atoms with Crippen LogP contribution in [-0.4, -0.2) is 35.1 Å². The van der Waals surface area contributed by atoms with E-state index in [0.29, 0.717) is 16.9 Å². The van der Waals surface area contributed by atoms with Crippen LogP contribution in [0.25, 0.3) is 0 Å². The summed E-state index contributed by atoms with van der Waals surface area (Å²) in [4.78, 5) is 47.4. The molecule has 0 saturated carbocycles. The second-order valence-electron chi connectivity index (χ2n) is 8.58. The molecule has 0 unspecified atom stereocenters. The van der Waals surface area contributed by atoms with E-state index in [1.165, 1.54) is 16.6 Å². The van der Waals surface area contributed by atoms with Crippen molar-refractivity contribution in [2.45, 2.75) is 18.9 Å². The van der Waals surface area contributed by atoms with Gasteiger partial charge in [0.05, 0.1) is 19.2 Å². The lowest BCUT2D eigenvalue weighted by molar-refractivity contribution is -0.138. The number of aromatic nitrogens is 2. The van der Waals surface area contributed by atoms with Crippen LogP contribution in [0.4, 0.5) is 5.69 Å². The van der Waals surface area contributed by atoms with Crippen molar-refractivity contribution in [3.8, 4) is 5.75 Å². The van der Waals surface area contributed by atoms with Gasteiger partial charge < -0.3 is 24.7 Å². The average molecular weight is 485 g/mol. The van der Waals surface area contributed by atoms with Crippen molar-refractivity contribution in [2.75, 3.05) is 18.6 Å². The van der Waals surface area contributed by atoms with Gasteiger partial charge in [-0.3, -0.25) is 14.6 Å². The minimum absolute atomic E-state index is 0.00982. The Labute approximate surface area is 207 Å². The first-order valence-electron chi connectivity index (χ1n) is 11.3. The smallest absolute Gasteiger partial charge is 0.340 e. The number of carbonyl (C=O) groups excluding carboxylic acids is 2. The number of aryl methyl sites for hydroxylation is 1. The van der Waals surface area contributed by atoms with E-state index >= 15 is 0 Å². The molecule has 2 N–H and O–H groups in total. The predicted molar refractivity (Wildman–Crippen MR) is 132 cm³/mol. The fourth-order valence-electron chi connectivity index (χ4n) is 5.12. The summed E-state index contributed by atoms with van der Waals surface area (Å²) in [5, 5.41) is 0. The predicted octanol–water partition coefficient (Wildman–Crippen LogP) is 2.15. The number of nitrogens with two attached hydrogens (primary N) is 1. The first-order valence-corrected chi connectivity index (χ1v) is 11.3. The molecule has 2 aromatic heterocycles. The largest absolute Gasteiger partial charge is 0.465 e. The van der Waals surface area contributed by atoms with E-state index in [0.717, 1.165) is 5.56 Å². The quantitative estimate of drug-likeness (QED) is 0.436. The summed E-state index contributed by atoms with van der Waals surface area (Å²) in [6.45, 7) is 5.90. The zero-order valence-electron chi connectivity index (χ0n) is 19.9. The molecule has 2 aliphatic rings. The molecule has 1 amide bonds. The molecule has 1 atom stereocenters. The van der Waals surface area contributed by atoms with Gasteiger partial charge in [0.15, 0.2) is 0 Å². The first kappa shape index (κ1) is 23.1. The van der Waals surface area contributed by atoms with Gasteiger partial charge in [-0.15, -0.1) is 6.58 Å². The Bertz CT molecular complexity index is 1510. The Morgan fingerprint density at radius 1 is 1.25 bits per heavy atom. The van der Waals surface area contributed by atoms with Crippen LogP contribution < -0.4 is 20.9 Å². The molecule has 0 aliphatic carbocycles. The second kappa shape index (κ2) is 8.53. The van der Waals surface area contributed by atoms with Gasteiger partial charge in [-0.05, 0) is 24.6 Å². The Morgan fingerprint density at radius 3 is 2.72 bits per heavy atom. The number of pyridine rings is 2. The van der Waals surface area contributed by atoms with Gasteiger partial charge in [0.1, 0.15) is 16.7 Å². The third kappa shape index (κ3) is 3.09. The first-order chi connectivity index (χ1) is 17.4. The van der Waals surface area contributed by atoms with Crippen molar-refractivity contribution >= 4 is 17.6 Å². The molecule has 2 aliphatic heterocycles. The highest BCUT2D eigenvalue weighted by Gasteiger charge is 2.62.